The Morgan fingerprint density at radius 3 is 2.22 bits per heavy atom. The largest absolute Gasteiger partial charge is 0.387 e. The summed E-state index contributed by atoms with van der Waals surface area (Å²) < 4.78 is 12.9. The van der Waals surface area contributed by atoms with E-state index < -0.39 is 6.10 Å². The molecule has 1 aliphatic heterocycles. The Bertz CT molecular complexity index is 374. The van der Waals surface area contributed by atoms with Gasteiger partial charge in [-0.05, 0) is 31.7 Å². The van der Waals surface area contributed by atoms with Crippen LogP contribution in [0.5, 0.6) is 0 Å². The molecule has 18 heavy (non-hydrogen) atoms. The van der Waals surface area contributed by atoms with Crippen molar-refractivity contribution in [2.45, 2.75) is 19.1 Å². The zero-order chi connectivity index (χ0) is 13.1. The molecule has 100 valence electrons. The minimum Gasteiger partial charge on any atom is -0.387 e. The molecule has 0 aromatic heterocycles. The molecule has 1 aliphatic rings. The van der Waals surface area contributed by atoms with E-state index in [-0.39, 0.29) is 11.9 Å². The first-order chi connectivity index (χ1) is 8.58. The van der Waals surface area contributed by atoms with Crippen molar-refractivity contribution >= 4 is 0 Å². The SMILES string of the molecule is C[C@@H]([C@@H](O)c1ccc(F)cc1)N1CCN(C)CC1. The predicted octanol–water partition coefficient (Wildman–Crippen LogP) is 1.50. The Morgan fingerprint density at radius 2 is 1.67 bits per heavy atom. The third-order valence-corrected chi connectivity index (χ3v) is 3.78. The summed E-state index contributed by atoms with van der Waals surface area (Å²) in [7, 11) is 2.11. The highest BCUT2D eigenvalue weighted by atomic mass is 19.1. The fourth-order valence-corrected chi connectivity index (χ4v) is 2.37. The highest BCUT2D eigenvalue weighted by Gasteiger charge is 2.25. The molecule has 0 unspecified atom stereocenters. The summed E-state index contributed by atoms with van der Waals surface area (Å²) in [4.78, 5) is 4.57. The van der Waals surface area contributed by atoms with E-state index in [1.807, 2.05) is 6.92 Å². The number of hydrogen-bond donors (Lipinski definition) is 1. The standard InChI is InChI=1S/C14H21FN2O/c1-11(17-9-7-16(2)8-10-17)14(18)12-3-5-13(15)6-4-12/h3-6,11,14,18H,7-10H2,1-2H3/t11-,14+/m0/s1. The smallest absolute Gasteiger partial charge is 0.123 e. The van der Waals surface area contributed by atoms with Gasteiger partial charge in [-0.15, -0.1) is 0 Å². The average molecular weight is 252 g/mol. The normalized spacial score (nSPS) is 21.8. The molecule has 0 saturated carbocycles. The molecular formula is C14H21FN2O. The summed E-state index contributed by atoms with van der Waals surface area (Å²) in [5, 5.41) is 10.3. The lowest BCUT2D eigenvalue weighted by molar-refractivity contribution is 0.0315. The minimum atomic E-state index is -0.561. The van der Waals surface area contributed by atoms with Gasteiger partial charge in [-0.1, -0.05) is 12.1 Å². The number of aliphatic hydroxyl groups is 1. The second-order valence-electron chi connectivity index (χ2n) is 5.08. The number of benzene rings is 1. The van der Waals surface area contributed by atoms with Gasteiger partial charge < -0.3 is 10.0 Å². The van der Waals surface area contributed by atoms with Crippen LogP contribution in [0.3, 0.4) is 0 Å². The van der Waals surface area contributed by atoms with Crippen molar-refractivity contribution in [3.8, 4) is 0 Å². The number of rotatable bonds is 3. The molecule has 1 saturated heterocycles. The van der Waals surface area contributed by atoms with Crippen LogP contribution in [0.4, 0.5) is 4.39 Å². The second kappa shape index (κ2) is 5.78. The van der Waals surface area contributed by atoms with Crippen LogP contribution in [-0.2, 0) is 0 Å². The number of hydrogen-bond acceptors (Lipinski definition) is 3. The Hall–Kier alpha value is -0.970. The lowest BCUT2D eigenvalue weighted by Crippen LogP contribution is -2.49. The highest BCUT2D eigenvalue weighted by molar-refractivity contribution is 5.19. The molecule has 1 fully saturated rings. The van der Waals surface area contributed by atoms with Crippen LogP contribution in [-0.4, -0.2) is 54.2 Å². The summed E-state index contributed by atoms with van der Waals surface area (Å²) >= 11 is 0. The first kappa shape index (κ1) is 13.5. The van der Waals surface area contributed by atoms with E-state index in [2.05, 4.69) is 16.8 Å². The van der Waals surface area contributed by atoms with Gasteiger partial charge in [-0.25, -0.2) is 4.39 Å². The molecule has 1 N–H and O–H groups in total. The number of nitrogens with zero attached hydrogens (tertiary/aromatic N) is 2. The van der Waals surface area contributed by atoms with Gasteiger partial charge in [0.1, 0.15) is 5.82 Å². The molecular weight excluding hydrogens is 231 g/mol. The Balaban J connectivity index is 1.99. The average Bonchev–Trinajstić information content (AvgIpc) is 2.39. The molecule has 1 heterocycles. The van der Waals surface area contributed by atoms with Crippen molar-refractivity contribution in [2.75, 3.05) is 33.2 Å². The van der Waals surface area contributed by atoms with Gasteiger partial charge >= 0.3 is 0 Å². The van der Waals surface area contributed by atoms with Crippen LogP contribution in [0.15, 0.2) is 24.3 Å². The summed E-state index contributed by atoms with van der Waals surface area (Å²) in [6, 6.07) is 6.17. The summed E-state index contributed by atoms with van der Waals surface area (Å²) in [5.41, 5.74) is 0.780. The van der Waals surface area contributed by atoms with E-state index in [4.69, 9.17) is 0 Å². The molecule has 1 aromatic rings. The van der Waals surface area contributed by atoms with Crippen LogP contribution in [0.25, 0.3) is 0 Å². The lowest BCUT2D eigenvalue weighted by Gasteiger charge is -2.38. The van der Waals surface area contributed by atoms with Gasteiger partial charge in [0, 0.05) is 32.2 Å². The maximum Gasteiger partial charge on any atom is 0.123 e. The summed E-state index contributed by atoms with van der Waals surface area (Å²) in [6.45, 7) is 6.02. The van der Waals surface area contributed by atoms with E-state index in [1.54, 1.807) is 12.1 Å². The monoisotopic (exact) mass is 252 g/mol. The third kappa shape index (κ3) is 3.07. The maximum absolute atomic E-state index is 12.9. The molecule has 0 aliphatic carbocycles. The Morgan fingerprint density at radius 1 is 1.11 bits per heavy atom. The van der Waals surface area contributed by atoms with Crippen molar-refractivity contribution in [2.24, 2.45) is 0 Å². The fraction of sp³-hybridized carbons (Fsp3) is 0.571. The van der Waals surface area contributed by atoms with Crippen molar-refractivity contribution < 1.29 is 9.50 Å². The molecule has 4 heteroatoms. The van der Waals surface area contributed by atoms with E-state index in [9.17, 15) is 9.50 Å². The molecule has 1 aromatic carbocycles. The maximum atomic E-state index is 12.9. The van der Waals surface area contributed by atoms with Crippen LogP contribution >= 0.6 is 0 Å². The number of aliphatic hydroxyl groups excluding tert-OH is 1. The first-order valence-corrected chi connectivity index (χ1v) is 6.44. The first-order valence-electron chi connectivity index (χ1n) is 6.44. The highest BCUT2D eigenvalue weighted by Crippen LogP contribution is 2.22. The molecule has 2 rings (SSSR count). The number of halogens is 1. The van der Waals surface area contributed by atoms with Gasteiger partial charge in [0.2, 0.25) is 0 Å². The second-order valence-corrected chi connectivity index (χ2v) is 5.08. The summed E-state index contributed by atoms with van der Waals surface area (Å²) in [6.07, 6.45) is -0.561. The topological polar surface area (TPSA) is 26.7 Å². The zero-order valence-corrected chi connectivity index (χ0v) is 11.0. The van der Waals surface area contributed by atoms with Gasteiger partial charge in [-0.3, -0.25) is 4.90 Å². The number of likely N-dealkylation sites (N-methyl/N-ethyl adjacent to an activating group) is 1. The summed E-state index contributed by atoms with van der Waals surface area (Å²) in [5.74, 6) is -0.266. The lowest BCUT2D eigenvalue weighted by atomic mass is 10.0. The minimum absolute atomic E-state index is 0.0594. The van der Waals surface area contributed by atoms with Crippen LogP contribution in [0, 0.1) is 5.82 Å². The number of piperazine rings is 1. The third-order valence-electron chi connectivity index (χ3n) is 3.78. The van der Waals surface area contributed by atoms with Gasteiger partial charge in [-0.2, -0.15) is 0 Å². The fourth-order valence-electron chi connectivity index (χ4n) is 2.37. The van der Waals surface area contributed by atoms with Gasteiger partial charge in [0.25, 0.3) is 0 Å². The van der Waals surface area contributed by atoms with E-state index >= 15 is 0 Å². The quantitative estimate of drug-likeness (QED) is 0.883. The van der Waals surface area contributed by atoms with E-state index in [0.717, 1.165) is 31.7 Å². The van der Waals surface area contributed by atoms with Crippen molar-refractivity contribution in [1.29, 1.82) is 0 Å². The van der Waals surface area contributed by atoms with Crippen LogP contribution in [0.1, 0.15) is 18.6 Å². The van der Waals surface area contributed by atoms with Crippen LogP contribution in [0.2, 0.25) is 0 Å². The van der Waals surface area contributed by atoms with Crippen LogP contribution < -0.4 is 0 Å². The van der Waals surface area contributed by atoms with Crippen molar-refractivity contribution in [1.82, 2.24) is 9.80 Å². The van der Waals surface area contributed by atoms with Crippen molar-refractivity contribution in [3.05, 3.63) is 35.6 Å². The Kier molecular flexibility index (Phi) is 4.32. The predicted molar refractivity (Wildman–Crippen MR) is 69.9 cm³/mol. The molecule has 2 atom stereocenters. The Labute approximate surface area is 108 Å². The van der Waals surface area contributed by atoms with E-state index in [0.29, 0.717) is 0 Å². The molecule has 0 spiro atoms. The van der Waals surface area contributed by atoms with Gasteiger partial charge in [0.05, 0.1) is 6.10 Å². The zero-order valence-electron chi connectivity index (χ0n) is 11.0. The molecule has 3 nitrogen and oxygen atoms in total. The molecule has 0 radical (unpaired) electrons. The van der Waals surface area contributed by atoms with Gasteiger partial charge in [0.15, 0.2) is 0 Å². The van der Waals surface area contributed by atoms with Crippen molar-refractivity contribution in [3.63, 3.8) is 0 Å². The van der Waals surface area contributed by atoms with E-state index in [1.165, 1.54) is 12.1 Å². The molecule has 0 amide bonds. The molecule has 0 bridgehead atoms.